The van der Waals surface area contributed by atoms with Crippen LogP contribution in [0.4, 0.5) is 11.4 Å². The van der Waals surface area contributed by atoms with Crippen molar-refractivity contribution in [1.82, 2.24) is 0 Å². The van der Waals surface area contributed by atoms with E-state index >= 15 is 0 Å². The molecular weight excluding hydrogens is 596 g/mol. The third kappa shape index (κ3) is 6.16. The van der Waals surface area contributed by atoms with Gasteiger partial charge in [0.1, 0.15) is 12.3 Å². The van der Waals surface area contributed by atoms with Gasteiger partial charge in [-0.2, -0.15) is 4.58 Å². The van der Waals surface area contributed by atoms with Crippen molar-refractivity contribution in [2.75, 3.05) is 25.1 Å². The van der Waals surface area contributed by atoms with Gasteiger partial charge in [-0.15, -0.1) is 0 Å². The first-order valence-corrected chi connectivity index (χ1v) is 17.3. The zero-order valence-corrected chi connectivity index (χ0v) is 30.1. The fourth-order valence-corrected chi connectivity index (χ4v) is 8.03. The van der Waals surface area contributed by atoms with Crippen molar-refractivity contribution in [3.8, 4) is 5.75 Å². The first-order chi connectivity index (χ1) is 22.2. The smallest absolute Gasteiger partial charge is 0.209 e. The predicted molar refractivity (Wildman–Crippen MR) is 196 cm³/mol. The van der Waals surface area contributed by atoms with Crippen LogP contribution >= 0.6 is 0 Å². The third-order valence-corrected chi connectivity index (χ3v) is 10.3. The molecule has 6 rings (SSSR count). The molecule has 3 aromatic carbocycles. The average molecular weight is 647 g/mol. The van der Waals surface area contributed by atoms with E-state index in [0.29, 0.717) is 0 Å². The van der Waals surface area contributed by atoms with E-state index in [1.54, 1.807) is 7.11 Å². The van der Waals surface area contributed by atoms with E-state index in [9.17, 15) is 0 Å². The molecule has 0 atom stereocenters. The molecule has 0 saturated carbocycles. The number of ether oxygens (including phenoxy) is 1. The molecule has 0 fully saturated rings. The van der Waals surface area contributed by atoms with E-state index in [2.05, 4.69) is 148 Å². The molecule has 4 heteroatoms. The zero-order valence-electron chi connectivity index (χ0n) is 29.4. The Morgan fingerprint density at radius 2 is 1.49 bits per heavy atom. The molecule has 3 nitrogen and oxygen atoms in total. The second kappa shape index (κ2) is 14.1. The number of hydrogen-bond acceptors (Lipinski definition) is 2. The summed E-state index contributed by atoms with van der Waals surface area (Å²) in [4.78, 5) is 2.54. The number of benzene rings is 3. The Balaban J connectivity index is 0.00000433. The van der Waals surface area contributed by atoms with Crippen molar-refractivity contribution in [3.63, 3.8) is 0 Å². The highest BCUT2D eigenvalue weighted by Crippen LogP contribution is 2.48. The first kappa shape index (κ1) is 34.5. The highest BCUT2D eigenvalue weighted by Gasteiger charge is 2.44. The molecule has 2 heterocycles. The molecule has 0 radical (unpaired) electrons. The average Bonchev–Trinajstić information content (AvgIpc) is 3.41. The van der Waals surface area contributed by atoms with Crippen LogP contribution in [0.15, 0.2) is 114 Å². The van der Waals surface area contributed by atoms with Gasteiger partial charge in [0.25, 0.3) is 0 Å². The van der Waals surface area contributed by atoms with Gasteiger partial charge in [-0.1, -0.05) is 94.4 Å². The summed E-state index contributed by atoms with van der Waals surface area (Å²) in [5, 5.41) is 0. The molecule has 0 bridgehead atoms. The standard InChI is InChI=1S/C43H51N2O.ClH/c1-8-29-44-36-22-13-11-20-34(36)42(3,4)39(44)27-25-31-17-16-18-32(41(31)33-19-10-15-24-38(33)46-7)26-28-40-43(5,6)35-21-12-14-23-37(35)45(40)30-9-2;/h10-15,19-28H,8-9,16-18,29-30H2,1-7H3;1H/q+1;/p-1. The second-order valence-electron chi connectivity index (χ2n) is 14.0. The number of fused-ring (bicyclic) bond motifs is 2. The van der Waals surface area contributed by atoms with E-state index in [1.807, 2.05) is 0 Å². The molecule has 0 N–H and O–H groups in total. The van der Waals surface area contributed by atoms with Crippen LogP contribution in [-0.2, 0) is 10.8 Å². The van der Waals surface area contributed by atoms with Crippen molar-refractivity contribution in [3.05, 3.63) is 131 Å². The van der Waals surface area contributed by atoms with Crippen molar-refractivity contribution in [2.24, 2.45) is 0 Å². The Labute approximate surface area is 289 Å². The van der Waals surface area contributed by atoms with Crippen LogP contribution in [0.3, 0.4) is 0 Å². The van der Waals surface area contributed by atoms with Crippen molar-refractivity contribution < 1.29 is 21.7 Å². The molecule has 246 valence electrons. The van der Waals surface area contributed by atoms with Gasteiger partial charge in [0.15, 0.2) is 5.71 Å². The van der Waals surface area contributed by atoms with Crippen LogP contribution in [0.5, 0.6) is 5.75 Å². The quantitative estimate of drug-likeness (QED) is 0.222. The van der Waals surface area contributed by atoms with Gasteiger partial charge < -0.3 is 22.0 Å². The fraction of sp³-hybridized carbons (Fsp3) is 0.372. The van der Waals surface area contributed by atoms with E-state index in [4.69, 9.17) is 4.74 Å². The van der Waals surface area contributed by atoms with Gasteiger partial charge in [-0.05, 0) is 80.0 Å². The lowest BCUT2D eigenvalue weighted by molar-refractivity contribution is -0.437. The lowest BCUT2D eigenvalue weighted by Crippen LogP contribution is -3.00. The van der Waals surface area contributed by atoms with Crippen molar-refractivity contribution in [2.45, 2.75) is 84.5 Å². The Morgan fingerprint density at radius 3 is 2.23 bits per heavy atom. The summed E-state index contributed by atoms with van der Waals surface area (Å²) in [5.41, 5.74) is 13.4. The summed E-state index contributed by atoms with van der Waals surface area (Å²) in [6.07, 6.45) is 15.1. The van der Waals surface area contributed by atoms with Crippen LogP contribution in [-0.4, -0.2) is 30.5 Å². The lowest BCUT2D eigenvalue weighted by atomic mass is 9.79. The molecule has 0 spiro atoms. The molecular formula is C43H51ClN2O. The zero-order chi connectivity index (χ0) is 32.5. The number of anilines is 1. The number of halogens is 1. The molecule has 0 saturated heterocycles. The maximum atomic E-state index is 5.98. The van der Waals surface area contributed by atoms with Crippen LogP contribution < -0.4 is 22.0 Å². The van der Waals surface area contributed by atoms with E-state index in [-0.39, 0.29) is 23.2 Å². The van der Waals surface area contributed by atoms with Crippen LogP contribution in [0, 0.1) is 0 Å². The van der Waals surface area contributed by atoms with Gasteiger partial charge in [0.2, 0.25) is 5.69 Å². The summed E-state index contributed by atoms with van der Waals surface area (Å²) in [6, 6.07) is 26.4. The number of hydrogen-bond donors (Lipinski definition) is 0. The lowest BCUT2D eigenvalue weighted by Gasteiger charge is -2.27. The molecule has 1 aliphatic carbocycles. The minimum absolute atomic E-state index is 0. The minimum atomic E-state index is -0.0586. The summed E-state index contributed by atoms with van der Waals surface area (Å²) in [5.74, 6) is 0.930. The van der Waals surface area contributed by atoms with Crippen molar-refractivity contribution in [1.29, 1.82) is 0 Å². The summed E-state index contributed by atoms with van der Waals surface area (Å²) < 4.78 is 8.52. The van der Waals surface area contributed by atoms with Gasteiger partial charge in [-0.3, -0.25) is 0 Å². The molecule has 0 amide bonds. The molecule has 2 aliphatic heterocycles. The predicted octanol–water partition coefficient (Wildman–Crippen LogP) is 7.70. The monoisotopic (exact) mass is 646 g/mol. The minimum Gasteiger partial charge on any atom is -1.00 e. The normalized spacial score (nSPS) is 19.9. The summed E-state index contributed by atoms with van der Waals surface area (Å²) in [7, 11) is 1.79. The molecule has 47 heavy (non-hydrogen) atoms. The third-order valence-electron chi connectivity index (χ3n) is 10.3. The molecule has 3 aromatic rings. The Kier molecular flexibility index (Phi) is 10.4. The topological polar surface area (TPSA) is 15.5 Å². The van der Waals surface area contributed by atoms with E-state index < -0.39 is 0 Å². The SMILES string of the molecule is CCCN1C(=CC=C2CCCC(C=CC3=[N+](CCC)c4ccccc4C3(C)C)=C2c2ccccc2OC)C(C)(C)c2ccccc21.[Cl-]. The molecule has 0 unspecified atom stereocenters. The number of para-hydroxylation sites is 3. The summed E-state index contributed by atoms with van der Waals surface area (Å²) in [6.45, 7) is 16.1. The Hall–Kier alpha value is -3.82. The molecule has 3 aliphatic rings. The van der Waals surface area contributed by atoms with Gasteiger partial charge in [-0.25, -0.2) is 0 Å². The van der Waals surface area contributed by atoms with E-state index in [0.717, 1.165) is 50.9 Å². The van der Waals surface area contributed by atoms with Gasteiger partial charge in [0, 0.05) is 53.0 Å². The number of rotatable bonds is 9. The Bertz CT molecular complexity index is 1780. The molecule has 0 aromatic heterocycles. The number of methoxy groups -OCH3 is 1. The fourth-order valence-electron chi connectivity index (χ4n) is 8.03. The Morgan fingerprint density at radius 1 is 0.787 bits per heavy atom. The van der Waals surface area contributed by atoms with Gasteiger partial charge >= 0.3 is 0 Å². The maximum absolute atomic E-state index is 5.98. The summed E-state index contributed by atoms with van der Waals surface area (Å²) >= 11 is 0. The van der Waals surface area contributed by atoms with Crippen molar-refractivity contribution >= 4 is 22.7 Å². The second-order valence-corrected chi connectivity index (χ2v) is 14.0. The number of nitrogens with zero attached hydrogens (tertiary/aromatic N) is 2. The highest BCUT2D eigenvalue weighted by atomic mass is 35.5. The van der Waals surface area contributed by atoms with Gasteiger partial charge in [0.05, 0.1) is 12.5 Å². The first-order valence-electron chi connectivity index (χ1n) is 17.3. The van der Waals surface area contributed by atoms with E-state index in [1.165, 1.54) is 56.2 Å². The number of allylic oxidation sites excluding steroid dienone is 8. The van der Waals surface area contributed by atoms with Crippen LogP contribution in [0.25, 0.3) is 5.57 Å². The van der Waals surface area contributed by atoms with Crippen LogP contribution in [0.1, 0.15) is 90.3 Å². The maximum Gasteiger partial charge on any atom is 0.209 e. The largest absolute Gasteiger partial charge is 1.00 e. The van der Waals surface area contributed by atoms with Crippen LogP contribution in [0.2, 0.25) is 0 Å². The highest BCUT2D eigenvalue weighted by molar-refractivity contribution is 6.03.